The quantitative estimate of drug-likeness (QED) is 0.516. The number of H-pyrrole nitrogens is 1. The predicted octanol–water partition coefficient (Wildman–Crippen LogP) is 2.38. The van der Waals surface area contributed by atoms with Crippen molar-refractivity contribution in [1.82, 2.24) is 15.0 Å². The number of amides is 1. The second kappa shape index (κ2) is 9.03. The van der Waals surface area contributed by atoms with Crippen molar-refractivity contribution in [3.8, 4) is 0 Å². The lowest BCUT2D eigenvalue weighted by Gasteiger charge is -2.18. The third kappa shape index (κ3) is 5.21. The molecule has 28 heavy (non-hydrogen) atoms. The number of carbonyl (C=O) groups excluding carboxylic acids is 1. The standard InChI is InChI=1S/C21H25N3O3S/c1-2-28(26,27)24-20(14-17-15-23-19-11-7-6-10-18(17)19)21(25)22-13-12-16-8-4-3-5-9-16/h3-11,15,20,23-24H,2,12-14H2,1H3,(H,22,25)/t20-/m0/s1. The monoisotopic (exact) mass is 399 g/mol. The summed E-state index contributed by atoms with van der Waals surface area (Å²) in [5.41, 5.74) is 2.97. The van der Waals surface area contributed by atoms with Gasteiger partial charge in [-0.15, -0.1) is 0 Å². The van der Waals surface area contributed by atoms with Crippen molar-refractivity contribution in [2.24, 2.45) is 0 Å². The van der Waals surface area contributed by atoms with Gasteiger partial charge in [-0.1, -0.05) is 48.5 Å². The van der Waals surface area contributed by atoms with Gasteiger partial charge in [-0.25, -0.2) is 13.1 Å². The van der Waals surface area contributed by atoms with Crippen molar-refractivity contribution in [2.75, 3.05) is 12.3 Å². The Labute approximate surface area is 165 Å². The maximum Gasteiger partial charge on any atom is 0.238 e. The van der Waals surface area contributed by atoms with Crippen LogP contribution >= 0.6 is 0 Å². The molecule has 0 fully saturated rings. The maximum absolute atomic E-state index is 12.7. The number of aromatic amines is 1. The number of hydrogen-bond donors (Lipinski definition) is 3. The van der Waals surface area contributed by atoms with Gasteiger partial charge in [-0.2, -0.15) is 0 Å². The fraction of sp³-hybridized carbons (Fsp3) is 0.286. The number of rotatable bonds is 9. The van der Waals surface area contributed by atoms with Crippen LogP contribution in [0.5, 0.6) is 0 Å². The Kier molecular flexibility index (Phi) is 6.49. The fourth-order valence-corrected chi connectivity index (χ4v) is 3.90. The lowest BCUT2D eigenvalue weighted by molar-refractivity contribution is -0.122. The number of nitrogens with one attached hydrogen (secondary N) is 3. The van der Waals surface area contributed by atoms with E-state index in [0.29, 0.717) is 13.0 Å². The smallest absolute Gasteiger partial charge is 0.238 e. The van der Waals surface area contributed by atoms with E-state index in [9.17, 15) is 13.2 Å². The predicted molar refractivity (Wildman–Crippen MR) is 112 cm³/mol. The first-order valence-corrected chi connectivity index (χ1v) is 11.0. The highest BCUT2D eigenvalue weighted by atomic mass is 32.2. The van der Waals surface area contributed by atoms with E-state index in [2.05, 4.69) is 15.0 Å². The maximum atomic E-state index is 12.7. The van der Waals surface area contributed by atoms with E-state index in [1.807, 2.05) is 60.8 Å². The van der Waals surface area contributed by atoms with Crippen LogP contribution in [0.1, 0.15) is 18.1 Å². The molecule has 0 aliphatic carbocycles. The molecule has 1 atom stereocenters. The Balaban J connectivity index is 1.71. The minimum Gasteiger partial charge on any atom is -0.361 e. The number of fused-ring (bicyclic) bond motifs is 1. The summed E-state index contributed by atoms with van der Waals surface area (Å²) in [6, 6.07) is 16.7. The summed E-state index contributed by atoms with van der Waals surface area (Å²) in [7, 11) is -3.52. The molecule has 6 nitrogen and oxygen atoms in total. The molecule has 2 aromatic carbocycles. The van der Waals surface area contributed by atoms with Crippen LogP contribution in [0.25, 0.3) is 10.9 Å². The molecule has 0 radical (unpaired) electrons. The zero-order chi connectivity index (χ0) is 20.0. The second-order valence-electron chi connectivity index (χ2n) is 6.66. The van der Waals surface area contributed by atoms with Crippen LogP contribution < -0.4 is 10.0 Å². The largest absolute Gasteiger partial charge is 0.361 e. The summed E-state index contributed by atoms with van der Waals surface area (Å²) in [5.74, 6) is -0.396. The molecule has 3 rings (SSSR count). The van der Waals surface area contributed by atoms with E-state index >= 15 is 0 Å². The highest BCUT2D eigenvalue weighted by molar-refractivity contribution is 7.89. The van der Waals surface area contributed by atoms with Crippen LogP contribution in [0.2, 0.25) is 0 Å². The van der Waals surface area contributed by atoms with E-state index in [4.69, 9.17) is 0 Å². The van der Waals surface area contributed by atoms with Gasteiger partial charge >= 0.3 is 0 Å². The SMILES string of the molecule is CCS(=O)(=O)N[C@@H](Cc1c[nH]c2ccccc12)C(=O)NCCc1ccccc1. The number of hydrogen-bond acceptors (Lipinski definition) is 3. The van der Waals surface area contributed by atoms with E-state index in [1.54, 1.807) is 6.92 Å². The zero-order valence-electron chi connectivity index (χ0n) is 15.8. The summed E-state index contributed by atoms with van der Waals surface area (Å²) in [5, 5.41) is 3.85. The summed E-state index contributed by atoms with van der Waals surface area (Å²) in [6.07, 6.45) is 2.79. The number of benzene rings is 2. The summed E-state index contributed by atoms with van der Waals surface area (Å²) in [6.45, 7) is 2.00. The van der Waals surface area contributed by atoms with Gasteiger partial charge in [0.05, 0.1) is 5.75 Å². The first kappa shape index (κ1) is 20.1. The molecule has 3 aromatic rings. The molecular formula is C21H25N3O3S. The van der Waals surface area contributed by atoms with Crippen LogP contribution in [0.15, 0.2) is 60.8 Å². The van der Waals surface area contributed by atoms with Crippen molar-refractivity contribution in [3.63, 3.8) is 0 Å². The summed E-state index contributed by atoms with van der Waals surface area (Å²) >= 11 is 0. The van der Waals surface area contributed by atoms with Crippen LogP contribution in [0, 0.1) is 0 Å². The molecule has 3 N–H and O–H groups in total. The van der Waals surface area contributed by atoms with Crippen molar-refractivity contribution in [3.05, 3.63) is 71.9 Å². The van der Waals surface area contributed by atoms with Crippen LogP contribution in [0.4, 0.5) is 0 Å². The molecule has 0 saturated heterocycles. The van der Waals surface area contributed by atoms with E-state index in [-0.39, 0.29) is 18.1 Å². The molecule has 0 bridgehead atoms. The van der Waals surface area contributed by atoms with Gasteiger partial charge in [0, 0.05) is 23.6 Å². The molecule has 0 aliphatic heterocycles. The lowest BCUT2D eigenvalue weighted by atomic mass is 10.0. The fourth-order valence-electron chi connectivity index (χ4n) is 3.11. The van der Waals surface area contributed by atoms with Gasteiger partial charge < -0.3 is 10.3 Å². The second-order valence-corrected chi connectivity index (χ2v) is 8.71. The molecule has 1 aromatic heterocycles. The van der Waals surface area contributed by atoms with Crippen LogP contribution in [-0.2, 0) is 27.7 Å². The molecule has 1 heterocycles. The average molecular weight is 400 g/mol. The van der Waals surface area contributed by atoms with Gasteiger partial charge in [0.15, 0.2) is 0 Å². The van der Waals surface area contributed by atoms with Gasteiger partial charge in [0.25, 0.3) is 0 Å². The van der Waals surface area contributed by atoms with Crippen molar-refractivity contribution in [2.45, 2.75) is 25.8 Å². The Hall–Kier alpha value is -2.64. The Morgan fingerprint density at radius 3 is 2.54 bits per heavy atom. The number of para-hydroxylation sites is 1. The van der Waals surface area contributed by atoms with Crippen molar-refractivity contribution >= 4 is 26.8 Å². The highest BCUT2D eigenvalue weighted by Gasteiger charge is 2.24. The van der Waals surface area contributed by atoms with Crippen molar-refractivity contribution < 1.29 is 13.2 Å². The first-order valence-electron chi connectivity index (χ1n) is 9.35. The topological polar surface area (TPSA) is 91.1 Å². The summed E-state index contributed by atoms with van der Waals surface area (Å²) < 4.78 is 26.7. The molecule has 0 unspecified atom stereocenters. The third-order valence-electron chi connectivity index (χ3n) is 4.67. The normalized spacial score (nSPS) is 12.8. The number of carbonyl (C=O) groups is 1. The van der Waals surface area contributed by atoms with Crippen LogP contribution in [0.3, 0.4) is 0 Å². The zero-order valence-corrected chi connectivity index (χ0v) is 16.6. The minimum absolute atomic E-state index is 0.0747. The molecule has 0 saturated carbocycles. The molecule has 0 aliphatic rings. The Morgan fingerprint density at radius 1 is 1.07 bits per heavy atom. The number of sulfonamides is 1. The van der Waals surface area contributed by atoms with Gasteiger partial charge in [-0.05, 0) is 37.0 Å². The van der Waals surface area contributed by atoms with E-state index < -0.39 is 16.1 Å². The molecule has 0 spiro atoms. The highest BCUT2D eigenvalue weighted by Crippen LogP contribution is 2.19. The Morgan fingerprint density at radius 2 is 1.79 bits per heavy atom. The third-order valence-corrected chi connectivity index (χ3v) is 6.08. The average Bonchev–Trinajstić information content (AvgIpc) is 3.11. The van der Waals surface area contributed by atoms with Gasteiger partial charge in [0.1, 0.15) is 6.04 Å². The lowest BCUT2D eigenvalue weighted by Crippen LogP contribution is -2.48. The van der Waals surface area contributed by atoms with Gasteiger partial charge in [-0.3, -0.25) is 4.79 Å². The molecular weight excluding hydrogens is 374 g/mol. The molecule has 1 amide bonds. The number of aromatic nitrogens is 1. The summed E-state index contributed by atoms with van der Waals surface area (Å²) in [4.78, 5) is 15.9. The van der Waals surface area contributed by atoms with E-state index in [0.717, 1.165) is 22.0 Å². The van der Waals surface area contributed by atoms with Gasteiger partial charge in [0.2, 0.25) is 15.9 Å². The molecule has 7 heteroatoms. The molecule has 148 valence electrons. The minimum atomic E-state index is -3.52. The van der Waals surface area contributed by atoms with E-state index in [1.165, 1.54) is 0 Å². The van der Waals surface area contributed by atoms with Crippen LogP contribution in [-0.4, -0.2) is 37.6 Å². The first-order chi connectivity index (χ1) is 13.5. The Bertz CT molecular complexity index is 1030. The van der Waals surface area contributed by atoms with Crippen molar-refractivity contribution in [1.29, 1.82) is 0 Å².